The summed E-state index contributed by atoms with van der Waals surface area (Å²) in [5, 5.41) is 3.61. The number of benzene rings is 3. The summed E-state index contributed by atoms with van der Waals surface area (Å²) in [6.45, 7) is 1.97. The minimum absolute atomic E-state index is 0.00857. The number of nitrogens with one attached hydrogen (secondary N) is 1. The first kappa shape index (κ1) is 32.2. The van der Waals surface area contributed by atoms with Crippen molar-refractivity contribution in [2.75, 3.05) is 30.8 Å². The average Bonchev–Trinajstić information content (AvgIpc) is 2.95. The fraction of sp³-hybridized carbons (Fsp3) is 0.333. The molecule has 0 heterocycles. The summed E-state index contributed by atoms with van der Waals surface area (Å²) < 4.78 is 31.9. The third-order valence-corrected chi connectivity index (χ3v) is 8.36. The number of sulfonamides is 1. The molecule has 8 nitrogen and oxygen atoms in total. The number of hydrogen-bond acceptors (Lipinski definition) is 5. The van der Waals surface area contributed by atoms with E-state index in [1.807, 2.05) is 37.3 Å². The summed E-state index contributed by atoms with van der Waals surface area (Å²) in [6.07, 6.45) is 2.94. The third-order valence-electron chi connectivity index (χ3n) is 6.48. The highest BCUT2D eigenvalue weighted by Gasteiger charge is 2.33. The van der Waals surface area contributed by atoms with E-state index in [1.165, 1.54) is 12.0 Å². The molecule has 0 aliphatic rings. The topological polar surface area (TPSA) is 96.0 Å². The Labute approximate surface area is 252 Å². The average molecular weight is 621 g/mol. The SMILES string of the molecule is CCCCNC(=O)[C@H](Cc1ccccc1)N(Cc1ccc(Cl)c(Cl)c1)C(=O)CN(c1ccc(OC)cc1)S(C)(=O)=O. The van der Waals surface area contributed by atoms with Gasteiger partial charge in [0.05, 0.1) is 29.1 Å². The Morgan fingerprint density at radius 1 is 0.951 bits per heavy atom. The number of nitrogens with zero attached hydrogens (tertiary/aromatic N) is 2. The smallest absolute Gasteiger partial charge is 0.244 e. The van der Waals surface area contributed by atoms with Gasteiger partial charge >= 0.3 is 0 Å². The van der Waals surface area contributed by atoms with Crippen LogP contribution in [-0.2, 0) is 32.6 Å². The van der Waals surface area contributed by atoms with Crippen molar-refractivity contribution in [3.63, 3.8) is 0 Å². The van der Waals surface area contributed by atoms with Crippen molar-refractivity contribution in [3.8, 4) is 5.75 Å². The molecule has 0 spiro atoms. The van der Waals surface area contributed by atoms with E-state index in [4.69, 9.17) is 27.9 Å². The summed E-state index contributed by atoms with van der Waals surface area (Å²) >= 11 is 12.4. The predicted octanol–water partition coefficient (Wildman–Crippen LogP) is 5.32. The molecule has 1 atom stereocenters. The maximum Gasteiger partial charge on any atom is 0.244 e. The zero-order valence-electron chi connectivity index (χ0n) is 23.3. The van der Waals surface area contributed by atoms with Crippen LogP contribution in [0.25, 0.3) is 0 Å². The Morgan fingerprint density at radius 2 is 1.63 bits per heavy atom. The Hall–Kier alpha value is -3.27. The number of unbranched alkanes of at least 4 members (excludes halogenated alkanes) is 1. The molecule has 0 saturated heterocycles. The maximum atomic E-state index is 14.1. The Kier molecular flexibility index (Phi) is 11.9. The molecule has 11 heteroatoms. The lowest BCUT2D eigenvalue weighted by atomic mass is 10.0. The van der Waals surface area contributed by atoms with E-state index < -0.39 is 28.5 Å². The van der Waals surface area contributed by atoms with Crippen molar-refractivity contribution in [1.29, 1.82) is 0 Å². The van der Waals surface area contributed by atoms with Crippen LogP contribution in [0.3, 0.4) is 0 Å². The number of ether oxygens (including phenoxy) is 1. The Balaban J connectivity index is 2.04. The van der Waals surface area contributed by atoms with Gasteiger partial charge in [0.15, 0.2) is 0 Å². The zero-order valence-corrected chi connectivity index (χ0v) is 25.7. The van der Waals surface area contributed by atoms with Gasteiger partial charge in [0.25, 0.3) is 0 Å². The highest BCUT2D eigenvalue weighted by atomic mass is 35.5. The molecular formula is C30H35Cl2N3O5S. The summed E-state index contributed by atoms with van der Waals surface area (Å²) in [6, 6.07) is 19.8. The predicted molar refractivity (Wildman–Crippen MR) is 164 cm³/mol. The number of carbonyl (C=O) groups excluding carboxylic acids is 2. The first-order valence-corrected chi connectivity index (χ1v) is 15.8. The van der Waals surface area contributed by atoms with Crippen LogP contribution in [0.2, 0.25) is 10.0 Å². The molecule has 3 aromatic carbocycles. The van der Waals surface area contributed by atoms with Crippen LogP contribution in [0, 0.1) is 0 Å². The van der Waals surface area contributed by atoms with Crippen LogP contribution in [0.1, 0.15) is 30.9 Å². The molecule has 0 fully saturated rings. The van der Waals surface area contributed by atoms with Crippen LogP contribution in [0.15, 0.2) is 72.8 Å². The second-order valence-corrected chi connectivity index (χ2v) is 12.3. The molecule has 0 bridgehead atoms. The number of hydrogen-bond donors (Lipinski definition) is 1. The lowest BCUT2D eigenvalue weighted by Crippen LogP contribution is -2.53. The van der Waals surface area contributed by atoms with Gasteiger partial charge in [0.1, 0.15) is 18.3 Å². The van der Waals surface area contributed by atoms with Crippen molar-refractivity contribution in [1.82, 2.24) is 10.2 Å². The number of methoxy groups -OCH3 is 1. The van der Waals surface area contributed by atoms with Crippen LogP contribution in [0.4, 0.5) is 5.69 Å². The number of rotatable bonds is 14. The van der Waals surface area contributed by atoms with E-state index in [0.717, 1.165) is 29.0 Å². The van der Waals surface area contributed by atoms with Crippen LogP contribution < -0.4 is 14.4 Å². The standard InChI is InChI=1S/C30H35Cl2N3O5S/c1-4-5-17-33-30(37)28(19-22-9-7-6-8-10-22)34(20-23-11-16-26(31)27(32)18-23)29(36)21-35(41(3,38)39)24-12-14-25(40-2)15-13-24/h6-16,18,28H,4-5,17,19-21H2,1-3H3,(H,33,37)/t28-/m0/s1. The quantitative estimate of drug-likeness (QED) is 0.246. The van der Waals surface area contributed by atoms with Crippen molar-refractivity contribution in [2.24, 2.45) is 0 Å². The highest BCUT2D eigenvalue weighted by molar-refractivity contribution is 7.92. The number of anilines is 1. The molecule has 3 aromatic rings. The normalized spacial score (nSPS) is 11.9. The lowest BCUT2D eigenvalue weighted by molar-refractivity contribution is -0.140. The Bertz CT molecular complexity index is 1420. The molecule has 0 unspecified atom stereocenters. The minimum atomic E-state index is -3.87. The minimum Gasteiger partial charge on any atom is -0.497 e. The monoisotopic (exact) mass is 619 g/mol. The first-order valence-electron chi connectivity index (χ1n) is 13.2. The Morgan fingerprint density at radius 3 is 2.22 bits per heavy atom. The summed E-state index contributed by atoms with van der Waals surface area (Å²) in [5.41, 5.74) is 1.79. The summed E-state index contributed by atoms with van der Waals surface area (Å²) in [5.74, 6) is -0.337. The van der Waals surface area contributed by atoms with Gasteiger partial charge in [-0.1, -0.05) is 72.9 Å². The number of amides is 2. The molecule has 0 aliphatic carbocycles. The van der Waals surface area contributed by atoms with Gasteiger partial charge in [-0.2, -0.15) is 0 Å². The van der Waals surface area contributed by atoms with Crippen molar-refractivity contribution < 1.29 is 22.7 Å². The summed E-state index contributed by atoms with van der Waals surface area (Å²) in [7, 11) is -2.36. The molecule has 220 valence electrons. The van der Waals surface area contributed by atoms with E-state index in [0.29, 0.717) is 33.6 Å². The van der Waals surface area contributed by atoms with Crippen LogP contribution in [-0.4, -0.2) is 57.6 Å². The van der Waals surface area contributed by atoms with Gasteiger partial charge in [-0.05, 0) is 53.9 Å². The molecule has 1 N–H and O–H groups in total. The fourth-order valence-electron chi connectivity index (χ4n) is 4.26. The van der Waals surface area contributed by atoms with Gasteiger partial charge < -0.3 is 15.0 Å². The maximum absolute atomic E-state index is 14.1. The summed E-state index contributed by atoms with van der Waals surface area (Å²) in [4.78, 5) is 29.1. The molecule has 3 rings (SSSR count). The largest absolute Gasteiger partial charge is 0.497 e. The van der Waals surface area contributed by atoms with Crippen molar-refractivity contribution in [2.45, 2.75) is 38.8 Å². The van der Waals surface area contributed by atoms with Crippen molar-refractivity contribution in [3.05, 3.63) is 94.0 Å². The molecule has 2 amide bonds. The van der Waals surface area contributed by atoms with E-state index in [2.05, 4.69) is 5.32 Å². The molecule has 0 saturated carbocycles. The number of halogens is 2. The van der Waals surface area contributed by atoms with Gasteiger partial charge in [0.2, 0.25) is 21.8 Å². The van der Waals surface area contributed by atoms with Crippen LogP contribution in [0.5, 0.6) is 5.75 Å². The second-order valence-electron chi connectivity index (χ2n) is 9.59. The molecule has 0 aromatic heterocycles. The van der Waals surface area contributed by atoms with Gasteiger partial charge in [-0.15, -0.1) is 0 Å². The fourth-order valence-corrected chi connectivity index (χ4v) is 5.43. The van der Waals surface area contributed by atoms with Gasteiger partial charge in [-0.25, -0.2) is 8.42 Å². The van der Waals surface area contributed by atoms with Gasteiger partial charge in [-0.3, -0.25) is 13.9 Å². The molecular weight excluding hydrogens is 585 g/mol. The second kappa shape index (κ2) is 15.1. The molecule has 41 heavy (non-hydrogen) atoms. The third kappa shape index (κ3) is 9.38. The number of carbonyl (C=O) groups is 2. The highest BCUT2D eigenvalue weighted by Crippen LogP contribution is 2.26. The van der Waals surface area contributed by atoms with Gasteiger partial charge in [0, 0.05) is 19.5 Å². The van der Waals surface area contributed by atoms with Crippen LogP contribution >= 0.6 is 23.2 Å². The van der Waals surface area contributed by atoms with E-state index in [1.54, 1.807) is 42.5 Å². The molecule has 0 aliphatic heterocycles. The van der Waals surface area contributed by atoms with E-state index in [9.17, 15) is 18.0 Å². The molecule has 0 radical (unpaired) electrons. The first-order chi connectivity index (χ1) is 19.5. The lowest BCUT2D eigenvalue weighted by Gasteiger charge is -2.33. The van der Waals surface area contributed by atoms with E-state index in [-0.39, 0.29) is 18.9 Å². The van der Waals surface area contributed by atoms with E-state index >= 15 is 0 Å². The zero-order chi connectivity index (χ0) is 30.0. The van der Waals surface area contributed by atoms with Crippen molar-refractivity contribution >= 4 is 50.7 Å².